The van der Waals surface area contributed by atoms with Gasteiger partial charge in [0, 0.05) is 34.4 Å². The Kier molecular flexibility index (Phi) is 6.67. The molecule has 3 aromatic carbocycles. The molecule has 0 saturated carbocycles. The number of halogens is 2. The first-order chi connectivity index (χ1) is 15.8. The summed E-state index contributed by atoms with van der Waals surface area (Å²) in [5.74, 6) is -0.930. The van der Waals surface area contributed by atoms with Crippen LogP contribution < -0.4 is 5.32 Å². The molecule has 0 bridgehead atoms. The first kappa shape index (κ1) is 24.8. The average molecular weight is 528 g/mol. The molecule has 3 aromatic rings. The quantitative estimate of drug-likeness (QED) is 0.186. The number of non-ortho nitro benzene ring substituents is 1. The van der Waals surface area contributed by atoms with Crippen LogP contribution in [0.3, 0.4) is 0 Å². The fourth-order valence-corrected chi connectivity index (χ4v) is 3.99. The summed E-state index contributed by atoms with van der Waals surface area (Å²) in [6, 6.07) is 5.98. The van der Waals surface area contributed by atoms with Gasteiger partial charge in [0.2, 0.25) is 5.91 Å². The van der Waals surface area contributed by atoms with E-state index in [0.29, 0.717) is 6.07 Å². The first-order valence-electron chi connectivity index (χ1n) is 8.85. The fourth-order valence-electron chi connectivity index (χ4n) is 2.96. The number of rotatable bonds is 6. The van der Waals surface area contributed by atoms with Crippen LogP contribution >= 0.6 is 22.3 Å². The van der Waals surface area contributed by atoms with Crippen molar-refractivity contribution >= 4 is 76.5 Å². The van der Waals surface area contributed by atoms with Gasteiger partial charge in [-0.15, -0.1) is 10.2 Å². The van der Waals surface area contributed by atoms with Gasteiger partial charge in [-0.25, -0.2) is 8.42 Å². The number of amides is 1. The van der Waals surface area contributed by atoms with Crippen molar-refractivity contribution in [3.05, 3.63) is 61.6 Å². The lowest BCUT2D eigenvalue weighted by Crippen LogP contribution is -2.07. The number of anilines is 1. The Morgan fingerprint density at radius 2 is 1.76 bits per heavy atom. The maximum Gasteiger partial charge on any atom is 0.305 e. The average Bonchev–Trinajstić information content (AvgIpc) is 2.72. The topological polar surface area (TPSA) is 194 Å². The van der Waals surface area contributed by atoms with E-state index in [1.807, 2.05) is 0 Å². The number of nitrogens with zero attached hydrogens (tertiary/aromatic N) is 4. The fraction of sp³-hybridized carbons (Fsp3) is 0.0556. The molecule has 0 aliphatic carbocycles. The number of azo groups is 1. The molecule has 0 spiro atoms. The van der Waals surface area contributed by atoms with Crippen LogP contribution in [0, 0.1) is 20.2 Å². The third-order valence-corrected chi connectivity index (χ3v) is 5.95. The number of carbonyl (C=O) groups is 1. The van der Waals surface area contributed by atoms with Crippen LogP contribution in [0.15, 0.2) is 51.5 Å². The van der Waals surface area contributed by atoms with E-state index in [2.05, 4.69) is 15.5 Å². The number of benzene rings is 3. The highest BCUT2D eigenvalue weighted by molar-refractivity contribution is 8.13. The molecule has 0 unspecified atom stereocenters. The molecule has 0 atom stereocenters. The number of fused-ring (bicyclic) bond motifs is 1. The second-order valence-corrected chi connectivity index (χ2v) is 9.60. The molecular formula is C18H11Cl2N5O8S. The standard InChI is InChI=1S/C18H11Cl2N5O8S/c1-8(26)21-14-7-10(34(20,32)33)6-11-13(2-3-16(27)17(11)14)22-23-18-12(19)4-9(24(28)29)5-15(18)25(30)31/h2-7,27H,1H3,(H,21,26). The van der Waals surface area contributed by atoms with Crippen molar-refractivity contribution in [2.75, 3.05) is 5.32 Å². The highest BCUT2D eigenvalue weighted by atomic mass is 35.7. The molecule has 1 amide bonds. The van der Waals surface area contributed by atoms with E-state index in [0.717, 1.165) is 25.1 Å². The van der Waals surface area contributed by atoms with Crippen molar-refractivity contribution in [3.63, 3.8) is 0 Å². The summed E-state index contributed by atoms with van der Waals surface area (Å²) in [5, 5.41) is 42.2. The number of phenolic OH excluding ortho intramolecular Hbond substituents is 1. The highest BCUT2D eigenvalue weighted by Gasteiger charge is 2.24. The summed E-state index contributed by atoms with van der Waals surface area (Å²) in [6.07, 6.45) is 0. The number of nitro groups is 2. The van der Waals surface area contributed by atoms with Crippen molar-refractivity contribution in [2.45, 2.75) is 11.8 Å². The predicted octanol–water partition coefficient (Wildman–Crippen LogP) is 5.32. The van der Waals surface area contributed by atoms with Gasteiger partial charge >= 0.3 is 5.69 Å². The van der Waals surface area contributed by atoms with E-state index < -0.39 is 51.8 Å². The molecule has 0 aliphatic rings. The van der Waals surface area contributed by atoms with Crippen molar-refractivity contribution < 1.29 is 28.2 Å². The number of hydrogen-bond donors (Lipinski definition) is 2. The summed E-state index contributed by atoms with van der Waals surface area (Å²) in [6.45, 7) is 1.16. The molecule has 13 nitrogen and oxygen atoms in total. The zero-order chi connectivity index (χ0) is 25.4. The van der Waals surface area contributed by atoms with Crippen LogP contribution in [0.1, 0.15) is 6.92 Å². The summed E-state index contributed by atoms with van der Waals surface area (Å²) in [4.78, 5) is 31.7. The van der Waals surface area contributed by atoms with Crippen molar-refractivity contribution in [1.82, 2.24) is 0 Å². The Bertz CT molecular complexity index is 1520. The third-order valence-electron chi connectivity index (χ3n) is 4.33. The number of phenols is 1. The summed E-state index contributed by atoms with van der Waals surface area (Å²) < 4.78 is 23.9. The smallest absolute Gasteiger partial charge is 0.305 e. The highest BCUT2D eigenvalue weighted by Crippen LogP contribution is 2.43. The molecule has 16 heteroatoms. The minimum Gasteiger partial charge on any atom is -0.507 e. The molecule has 3 rings (SSSR count). The van der Waals surface area contributed by atoms with Gasteiger partial charge in [0.05, 0.1) is 37.2 Å². The van der Waals surface area contributed by atoms with Gasteiger partial charge in [-0.1, -0.05) is 11.6 Å². The monoisotopic (exact) mass is 527 g/mol. The molecule has 0 saturated heterocycles. The second-order valence-electron chi connectivity index (χ2n) is 6.63. The molecule has 176 valence electrons. The summed E-state index contributed by atoms with van der Waals surface area (Å²) in [7, 11) is 1.15. The van der Waals surface area contributed by atoms with E-state index in [9.17, 15) is 38.5 Å². The Hall–Kier alpha value is -3.88. The molecule has 34 heavy (non-hydrogen) atoms. The van der Waals surface area contributed by atoms with Crippen LogP contribution in [0.4, 0.5) is 28.4 Å². The Morgan fingerprint density at radius 3 is 2.32 bits per heavy atom. The number of nitrogens with one attached hydrogen (secondary N) is 1. The van der Waals surface area contributed by atoms with Crippen LogP contribution in [0.5, 0.6) is 5.75 Å². The molecule has 2 N–H and O–H groups in total. The summed E-state index contributed by atoms with van der Waals surface area (Å²) in [5.41, 5.74) is -2.12. The zero-order valence-corrected chi connectivity index (χ0v) is 19.1. The lowest BCUT2D eigenvalue weighted by Gasteiger charge is -2.12. The zero-order valence-electron chi connectivity index (χ0n) is 16.7. The maximum atomic E-state index is 11.9. The van der Waals surface area contributed by atoms with E-state index in [-0.39, 0.29) is 27.9 Å². The molecular weight excluding hydrogens is 517 g/mol. The second kappa shape index (κ2) is 9.17. The maximum absolute atomic E-state index is 11.9. The molecule has 0 fully saturated rings. The van der Waals surface area contributed by atoms with Gasteiger partial charge in [0.1, 0.15) is 5.75 Å². The Labute approximate surface area is 199 Å². The van der Waals surface area contributed by atoms with Gasteiger partial charge in [-0.3, -0.25) is 25.0 Å². The Morgan fingerprint density at radius 1 is 1.09 bits per heavy atom. The number of nitro benzene ring substituents is 2. The largest absolute Gasteiger partial charge is 0.507 e. The van der Waals surface area contributed by atoms with Gasteiger partial charge in [0.25, 0.3) is 14.7 Å². The van der Waals surface area contributed by atoms with Gasteiger partial charge in [-0.05, 0) is 24.3 Å². The molecule has 0 aliphatic heterocycles. The van der Waals surface area contributed by atoms with Gasteiger partial charge in [-0.2, -0.15) is 0 Å². The first-order valence-corrected chi connectivity index (χ1v) is 11.5. The van der Waals surface area contributed by atoms with Gasteiger partial charge < -0.3 is 10.4 Å². The number of carbonyl (C=O) groups excluding carboxylic acids is 1. The SMILES string of the molecule is CC(=O)Nc1cc(S(=O)(=O)Cl)cc2c(N=Nc3c(Cl)cc([N+](=O)[O-])cc3[N+](=O)[O-])ccc(O)c12. The van der Waals surface area contributed by atoms with E-state index >= 15 is 0 Å². The van der Waals surface area contributed by atoms with Crippen LogP contribution in [-0.4, -0.2) is 29.3 Å². The normalized spacial score (nSPS) is 11.6. The molecule has 0 heterocycles. The minimum atomic E-state index is -4.29. The van der Waals surface area contributed by atoms with Crippen LogP contribution in [0.2, 0.25) is 5.02 Å². The third kappa shape index (κ3) is 5.03. The van der Waals surface area contributed by atoms with E-state index in [1.165, 1.54) is 12.1 Å². The lowest BCUT2D eigenvalue weighted by atomic mass is 10.1. The minimum absolute atomic E-state index is 0.0139. The molecule has 0 radical (unpaired) electrons. The van der Waals surface area contributed by atoms with Crippen LogP contribution in [0.25, 0.3) is 10.8 Å². The number of hydrogen-bond acceptors (Lipinski definition) is 10. The lowest BCUT2D eigenvalue weighted by molar-refractivity contribution is -0.393. The summed E-state index contributed by atoms with van der Waals surface area (Å²) >= 11 is 5.95. The molecule has 0 aromatic heterocycles. The van der Waals surface area contributed by atoms with Crippen molar-refractivity contribution in [3.8, 4) is 5.75 Å². The number of aromatic hydroxyl groups is 1. The van der Waals surface area contributed by atoms with Crippen LogP contribution in [-0.2, 0) is 13.8 Å². The van der Waals surface area contributed by atoms with Crippen molar-refractivity contribution in [2.24, 2.45) is 10.2 Å². The Balaban J connectivity index is 2.30. The van der Waals surface area contributed by atoms with Crippen molar-refractivity contribution in [1.29, 1.82) is 0 Å². The van der Waals surface area contributed by atoms with E-state index in [1.54, 1.807) is 0 Å². The van der Waals surface area contributed by atoms with Gasteiger partial charge in [0.15, 0.2) is 5.69 Å². The predicted molar refractivity (Wildman–Crippen MR) is 122 cm³/mol. The van der Waals surface area contributed by atoms with E-state index in [4.69, 9.17) is 22.3 Å².